The Labute approximate surface area is 95.1 Å². The number of hydrogen-bond acceptors (Lipinski definition) is 3. The zero-order chi connectivity index (χ0) is 12.1. The molecule has 0 aliphatic carbocycles. The minimum Gasteiger partial charge on any atom is -0.505 e. The predicted molar refractivity (Wildman–Crippen MR) is 60.9 cm³/mol. The molecule has 0 saturated carbocycles. The van der Waals surface area contributed by atoms with Crippen molar-refractivity contribution in [3.8, 4) is 5.75 Å². The Morgan fingerprint density at radius 2 is 2.00 bits per heavy atom. The molecule has 4 heteroatoms. The third kappa shape index (κ3) is 3.47. The van der Waals surface area contributed by atoms with E-state index in [0.717, 1.165) is 5.56 Å². The minimum atomic E-state index is -0.590. The smallest absolute Gasteiger partial charge is 0.165 e. The Kier molecular flexibility index (Phi) is 4.71. The van der Waals surface area contributed by atoms with Gasteiger partial charge in [-0.2, -0.15) is 0 Å². The summed E-state index contributed by atoms with van der Waals surface area (Å²) in [4.78, 5) is 1.93. The fourth-order valence-electron chi connectivity index (χ4n) is 1.63. The number of halogens is 1. The van der Waals surface area contributed by atoms with E-state index < -0.39 is 5.82 Å². The van der Waals surface area contributed by atoms with Crippen molar-refractivity contribution >= 4 is 0 Å². The third-order valence-corrected chi connectivity index (χ3v) is 2.31. The van der Waals surface area contributed by atoms with Crippen LogP contribution in [0.2, 0.25) is 0 Å². The van der Waals surface area contributed by atoms with Gasteiger partial charge in [0.05, 0.1) is 0 Å². The van der Waals surface area contributed by atoms with Gasteiger partial charge < -0.3 is 15.1 Å². The molecule has 3 nitrogen and oxygen atoms in total. The molecule has 1 aromatic rings. The molecular formula is C12H18FNO2. The van der Waals surface area contributed by atoms with Crippen molar-refractivity contribution in [1.29, 1.82) is 0 Å². The minimum absolute atomic E-state index is 0.0406. The van der Waals surface area contributed by atoms with Crippen LogP contribution < -0.4 is 0 Å². The van der Waals surface area contributed by atoms with Crippen LogP contribution in [0.25, 0.3) is 0 Å². The van der Waals surface area contributed by atoms with Crippen LogP contribution >= 0.6 is 0 Å². The maximum Gasteiger partial charge on any atom is 0.165 e. The van der Waals surface area contributed by atoms with Gasteiger partial charge in [-0.1, -0.05) is 6.07 Å². The average molecular weight is 227 g/mol. The monoisotopic (exact) mass is 227 g/mol. The van der Waals surface area contributed by atoms with E-state index in [1.165, 1.54) is 6.07 Å². The summed E-state index contributed by atoms with van der Waals surface area (Å²) < 4.78 is 13.4. The van der Waals surface area contributed by atoms with Gasteiger partial charge in [0.1, 0.15) is 0 Å². The summed E-state index contributed by atoms with van der Waals surface area (Å²) in [5.41, 5.74) is 1.39. The number of aryl methyl sites for hydroxylation is 1. The second kappa shape index (κ2) is 5.82. The lowest BCUT2D eigenvalue weighted by Gasteiger charge is -2.12. The van der Waals surface area contributed by atoms with E-state index >= 15 is 0 Å². The van der Waals surface area contributed by atoms with E-state index in [-0.39, 0.29) is 12.4 Å². The first-order valence-corrected chi connectivity index (χ1v) is 5.30. The van der Waals surface area contributed by atoms with Gasteiger partial charge in [0.15, 0.2) is 11.6 Å². The fraction of sp³-hybridized carbons (Fsp3) is 0.500. The molecule has 0 bridgehead atoms. The van der Waals surface area contributed by atoms with E-state index in [2.05, 4.69) is 0 Å². The second-order valence-electron chi connectivity index (χ2n) is 4.15. The normalized spacial score (nSPS) is 11.1. The van der Waals surface area contributed by atoms with Crippen molar-refractivity contribution in [2.75, 3.05) is 20.7 Å². The summed E-state index contributed by atoms with van der Waals surface area (Å²) in [6.07, 6.45) is 1.01. The number of aromatic hydroxyl groups is 1. The Hall–Kier alpha value is -1.13. The molecular weight excluding hydrogens is 209 g/mol. The highest BCUT2D eigenvalue weighted by Gasteiger charge is 2.10. The molecule has 1 aromatic carbocycles. The van der Waals surface area contributed by atoms with Gasteiger partial charge in [0.25, 0.3) is 0 Å². The first-order valence-electron chi connectivity index (χ1n) is 5.30. The van der Waals surface area contributed by atoms with Crippen LogP contribution in [0.15, 0.2) is 12.1 Å². The van der Waals surface area contributed by atoms with Gasteiger partial charge in [-0.15, -0.1) is 0 Å². The molecule has 0 radical (unpaired) electrons. The fourth-order valence-corrected chi connectivity index (χ4v) is 1.63. The van der Waals surface area contributed by atoms with Crippen molar-refractivity contribution in [1.82, 2.24) is 4.90 Å². The van der Waals surface area contributed by atoms with Gasteiger partial charge in [-0.05, 0) is 44.1 Å². The van der Waals surface area contributed by atoms with Crippen molar-refractivity contribution in [2.24, 2.45) is 0 Å². The first kappa shape index (κ1) is 12.9. The number of nitrogens with zero attached hydrogens (tertiary/aromatic N) is 1. The number of phenolic OH excluding ortho intramolecular Hbond substituents is 1. The van der Waals surface area contributed by atoms with E-state index in [1.54, 1.807) is 6.07 Å². The molecule has 0 atom stereocenters. The van der Waals surface area contributed by atoms with Crippen LogP contribution in [0.3, 0.4) is 0 Å². The SMILES string of the molecule is CN(C)Cc1cc(F)c(O)c(CCCO)c1. The van der Waals surface area contributed by atoms with Crippen molar-refractivity contribution in [3.05, 3.63) is 29.1 Å². The third-order valence-electron chi connectivity index (χ3n) is 2.31. The topological polar surface area (TPSA) is 43.7 Å². The lowest BCUT2D eigenvalue weighted by Crippen LogP contribution is -2.11. The van der Waals surface area contributed by atoms with Crippen molar-refractivity contribution in [3.63, 3.8) is 0 Å². The average Bonchev–Trinajstić information content (AvgIpc) is 2.20. The number of aliphatic hydroxyl groups is 1. The highest BCUT2D eigenvalue weighted by molar-refractivity contribution is 5.37. The van der Waals surface area contributed by atoms with Crippen LogP contribution in [-0.2, 0) is 13.0 Å². The summed E-state index contributed by atoms with van der Waals surface area (Å²) in [7, 11) is 3.80. The van der Waals surface area contributed by atoms with Crippen molar-refractivity contribution in [2.45, 2.75) is 19.4 Å². The zero-order valence-electron chi connectivity index (χ0n) is 9.70. The summed E-state index contributed by atoms with van der Waals surface area (Å²) in [5, 5.41) is 18.2. The van der Waals surface area contributed by atoms with Gasteiger partial charge >= 0.3 is 0 Å². The van der Waals surface area contributed by atoms with E-state index in [4.69, 9.17) is 5.11 Å². The van der Waals surface area contributed by atoms with Crippen LogP contribution in [0.1, 0.15) is 17.5 Å². The van der Waals surface area contributed by atoms with E-state index in [9.17, 15) is 9.50 Å². The Bertz CT molecular complexity index is 353. The van der Waals surface area contributed by atoms with Gasteiger partial charge in [-0.25, -0.2) is 4.39 Å². The first-order chi connectivity index (χ1) is 7.54. The molecule has 0 spiro atoms. The summed E-state index contributed by atoms with van der Waals surface area (Å²) in [6, 6.07) is 3.13. The number of aliphatic hydroxyl groups excluding tert-OH is 1. The van der Waals surface area contributed by atoms with Crippen LogP contribution in [-0.4, -0.2) is 35.8 Å². The molecule has 0 aliphatic heterocycles. The number of benzene rings is 1. The Balaban J connectivity index is 2.92. The summed E-state index contributed by atoms with van der Waals surface area (Å²) >= 11 is 0. The molecule has 0 amide bonds. The Morgan fingerprint density at radius 3 is 2.56 bits per heavy atom. The summed E-state index contributed by atoms with van der Waals surface area (Å²) in [5.74, 6) is -0.886. The molecule has 0 fully saturated rings. The molecule has 90 valence electrons. The number of phenols is 1. The lowest BCUT2D eigenvalue weighted by atomic mass is 10.0. The maximum atomic E-state index is 13.4. The molecule has 0 aromatic heterocycles. The van der Waals surface area contributed by atoms with Crippen LogP contribution in [0.5, 0.6) is 5.75 Å². The van der Waals surface area contributed by atoms with Gasteiger partial charge in [0.2, 0.25) is 0 Å². The molecule has 2 N–H and O–H groups in total. The quantitative estimate of drug-likeness (QED) is 0.801. The van der Waals surface area contributed by atoms with Crippen LogP contribution in [0, 0.1) is 5.82 Å². The molecule has 0 saturated heterocycles. The maximum absolute atomic E-state index is 13.4. The Morgan fingerprint density at radius 1 is 1.31 bits per heavy atom. The van der Waals surface area contributed by atoms with Gasteiger partial charge in [-0.3, -0.25) is 0 Å². The highest BCUT2D eigenvalue weighted by Crippen LogP contribution is 2.24. The molecule has 0 aliphatic rings. The highest BCUT2D eigenvalue weighted by atomic mass is 19.1. The number of hydrogen-bond donors (Lipinski definition) is 2. The lowest BCUT2D eigenvalue weighted by molar-refractivity contribution is 0.287. The predicted octanol–water partition coefficient (Wildman–Crippen LogP) is 1.52. The summed E-state index contributed by atoms with van der Waals surface area (Å²) in [6.45, 7) is 0.669. The molecule has 0 heterocycles. The van der Waals surface area contributed by atoms with Crippen LogP contribution in [0.4, 0.5) is 4.39 Å². The standard InChI is InChI=1S/C12H18FNO2/c1-14(2)8-9-6-10(4-3-5-15)12(16)11(13)7-9/h6-7,15-16H,3-5,8H2,1-2H3. The van der Waals surface area contributed by atoms with E-state index in [1.807, 2.05) is 19.0 Å². The van der Waals surface area contributed by atoms with Crippen molar-refractivity contribution < 1.29 is 14.6 Å². The molecule has 1 rings (SSSR count). The number of rotatable bonds is 5. The molecule has 0 unspecified atom stereocenters. The second-order valence-corrected chi connectivity index (χ2v) is 4.15. The largest absolute Gasteiger partial charge is 0.505 e. The van der Waals surface area contributed by atoms with Gasteiger partial charge in [0, 0.05) is 13.2 Å². The molecule has 16 heavy (non-hydrogen) atoms. The zero-order valence-corrected chi connectivity index (χ0v) is 9.70. The van der Waals surface area contributed by atoms with E-state index in [0.29, 0.717) is 24.9 Å².